The fourth-order valence-corrected chi connectivity index (χ4v) is 13.2. The molecule has 7 aliphatic rings. The van der Waals surface area contributed by atoms with Crippen LogP contribution in [0, 0.1) is 40.4 Å². The third-order valence-electron chi connectivity index (χ3n) is 16.2. The van der Waals surface area contributed by atoms with E-state index in [2.05, 4.69) is 59.6 Å². The number of hydrogen-bond acceptors (Lipinski definition) is 9. The molecule has 2 aromatic rings. The number of aliphatic hydroxyl groups excluding tert-OH is 1. The Bertz CT molecular complexity index is 1820. The summed E-state index contributed by atoms with van der Waals surface area (Å²) in [6.45, 7) is 10.8. The minimum Gasteiger partial charge on any atom is -0.393 e. The Kier molecular flexibility index (Phi) is 9.17. The van der Waals surface area contributed by atoms with Gasteiger partial charge in [-0.15, -0.1) is 0 Å². The predicted octanol–water partition coefficient (Wildman–Crippen LogP) is 6.44. The molecule has 1 aromatic carbocycles. The van der Waals surface area contributed by atoms with E-state index in [0.717, 1.165) is 74.1 Å². The van der Waals surface area contributed by atoms with Crippen LogP contribution in [0.4, 0.5) is 0 Å². The number of hydrogen-bond donors (Lipinski definition) is 6. The van der Waals surface area contributed by atoms with Gasteiger partial charge >= 0.3 is 0 Å². The highest BCUT2D eigenvalue weighted by atomic mass is 16.6. The van der Waals surface area contributed by atoms with Crippen LogP contribution >= 0.6 is 0 Å². The highest BCUT2D eigenvalue weighted by Gasteiger charge is 2.67. The molecule has 6 fully saturated rings. The summed E-state index contributed by atoms with van der Waals surface area (Å²) in [7, 11) is 0. The lowest BCUT2D eigenvalue weighted by molar-refractivity contribution is -0.0697. The van der Waals surface area contributed by atoms with E-state index in [-0.39, 0.29) is 28.7 Å². The molecule has 3 heterocycles. The summed E-state index contributed by atoms with van der Waals surface area (Å²) < 4.78 is 8.85. The van der Waals surface area contributed by atoms with Crippen molar-refractivity contribution < 1.29 is 14.9 Å². The summed E-state index contributed by atoms with van der Waals surface area (Å²) in [5.74, 6) is 3.65. The highest BCUT2D eigenvalue weighted by molar-refractivity contribution is 5.86. The van der Waals surface area contributed by atoms with Crippen molar-refractivity contribution in [2.45, 2.75) is 159 Å². The van der Waals surface area contributed by atoms with Gasteiger partial charge in [-0.05, 0) is 149 Å². The Hall–Kier alpha value is -3.08. The molecule has 0 radical (unpaired) electrons. The average molecular weight is 740 g/mol. The van der Waals surface area contributed by atoms with Crippen molar-refractivity contribution in [1.29, 1.82) is 0 Å². The van der Waals surface area contributed by atoms with E-state index >= 15 is 0 Å². The van der Waals surface area contributed by atoms with E-state index in [9.17, 15) is 10.2 Å². The van der Waals surface area contributed by atoms with Gasteiger partial charge in [-0.1, -0.05) is 37.3 Å². The lowest BCUT2D eigenvalue weighted by Crippen LogP contribution is -2.56. The molecule has 2 aliphatic heterocycles. The number of allylic oxidation sites excluding steroid dienone is 1. The first-order valence-electron chi connectivity index (χ1n) is 21.3. The zero-order valence-electron chi connectivity index (χ0n) is 32.7. The Morgan fingerprint density at radius 2 is 1.81 bits per heavy atom. The molecule has 1 aromatic heterocycles. The smallest absolute Gasteiger partial charge is 0.192 e. The molecular weight excluding hydrogens is 675 g/mol. The number of guanidine groups is 2. The molecule has 54 heavy (non-hydrogen) atoms. The number of aromatic nitrogens is 1. The molecule has 9 rings (SSSR count). The van der Waals surface area contributed by atoms with E-state index in [1.54, 1.807) is 0 Å². The van der Waals surface area contributed by atoms with E-state index in [0.29, 0.717) is 67.2 Å². The molecule has 294 valence electrons. The van der Waals surface area contributed by atoms with Gasteiger partial charge in [-0.3, -0.25) is 0 Å². The maximum atomic E-state index is 11.3. The zero-order chi connectivity index (χ0) is 37.5. The summed E-state index contributed by atoms with van der Waals surface area (Å²) in [5.41, 5.74) is 15.4. The number of aliphatic imine (C=N–C) groups is 2. The first kappa shape index (κ1) is 36.6. The molecule has 2 bridgehead atoms. The van der Waals surface area contributed by atoms with Crippen LogP contribution in [0.15, 0.2) is 52.7 Å². The Morgan fingerprint density at radius 3 is 2.65 bits per heavy atom. The van der Waals surface area contributed by atoms with Crippen molar-refractivity contribution in [2.24, 2.45) is 61.9 Å². The van der Waals surface area contributed by atoms with Crippen LogP contribution in [-0.2, 0) is 18.0 Å². The van der Waals surface area contributed by atoms with E-state index in [4.69, 9.17) is 32.8 Å². The molecule has 0 amide bonds. The summed E-state index contributed by atoms with van der Waals surface area (Å²) in [4.78, 5) is 9.50. The standard InChI is InChI=1S/C44H65N7O3/c1-27-19-43(16-11-28(20-43)12-17-44(53)14-5-8-33(52)21-44)38-42(3,54-38)15-13-36-34(27)22-41(36,2)32-10-9-29(18-32)37-49-39(45)47-23-30-6-4-7-31-24-51(25-35(30)31)26-48-40(46)50-37/h4,6-7,24-25,28-29,32-34,36-38,52-53H,1,5,8-23,26H2,2-3H3,(H3,45,47,49)(H3,46,48,50)/t28-,29-,32+,33-,34+,36+,37+,38+,41+,42+,43+,44-/m0/s1. The van der Waals surface area contributed by atoms with Gasteiger partial charge in [-0.25, -0.2) is 9.98 Å². The number of nitrogens with two attached hydrogens (primary N) is 2. The summed E-state index contributed by atoms with van der Waals surface area (Å²) in [6, 6.07) is 6.31. The van der Waals surface area contributed by atoms with Crippen LogP contribution in [-0.4, -0.2) is 56.3 Å². The maximum Gasteiger partial charge on any atom is 0.192 e. The topological polar surface area (TPSA) is 159 Å². The maximum absolute atomic E-state index is 11.3. The quantitative estimate of drug-likeness (QED) is 0.152. The summed E-state index contributed by atoms with van der Waals surface area (Å²) in [5, 5.41) is 30.9. The van der Waals surface area contributed by atoms with E-state index < -0.39 is 5.60 Å². The van der Waals surface area contributed by atoms with Gasteiger partial charge < -0.3 is 41.6 Å². The first-order chi connectivity index (χ1) is 25.8. The summed E-state index contributed by atoms with van der Waals surface area (Å²) >= 11 is 0. The lowest BCUT2D eigenvalue weighted by Gasteiger charge is -2.58. The van der Waals surface area contributed by atoms with Crippen LogP contribution in [0.3, 0.4) is 0 Å². The monoisotopic (exact) mass is 740 g/mol. The van der Waals surface area contributed by atoms with Gasteiger partial charge in [0.1, 0.15) is 12.8 Å². The molecule has 1 saturated heterocycles. The Labute approximate surface area is 321 Å². The largest absolute Gasteiger partial charge is 0.393 e. The van der Waals surface area contributed by atoms with Crippen molar-refractivity contribution in [3.8, 4) is 0 Å². The highest BCUT2D eigenvalue weighted by Crippen LogP contribution is 2.69. The third-order valence-corrected chi connectivity index (χ3v) is 16.2. The predicted molar refractivity (Wildman–Crippen MR) is 214 cm³/mol. The number of nitrogens with one attached hydrogen (secondary N) is 2. The second kappa shape index (κ2) is 13.5. The fourth-order valence-electron chi connectivity index (χ4n) is 13.2. The van der Waals surface area contributed by atoms with Gasteiger partial charge in [0.15, 0.2) is 11.9 Å². The van der Waals surface area contributed by atoms with Crippen LogP contribution < -0.4 is 22.1 Å². The second-order valence-electron chi connectivity index (χ2n) is 19.7. The van der Waals surface area contributed by atoms with Gasteiger partial charge in [0, 0.05) is 29.6 Å². The number of epoxide rings is 1. The molecule has 12 atom stereocenters. The van der Waals surface area contributed by atoms with E-state index in [1.807, 2.05) is 0 Å². The molecule has 8 N–H and O–H groups in total. The third kappa shape index (κ3) is 6.66. The average Bonchev–Trinajstić information content (AvgIpc) is 3.55. The number of benzene rings is 1. The molecule has 10 heteroatoms. The first-order valence-corrected chi connectivity index (χ1v) is 21.3. The summed E-state index contributed by atoms with van der Waals surface area (Å²) in [6.07, 6.45) is 20.7. The van der Waals surface area contributed by atoms with Crippen LogP contribution in [0.1, 0.15) is 122 Å². The molecule has 10 nitrogen and oxygen atoms in total. The van der Waals surface area contributed by atoms with Crippen molar-refractivity contribution in [1.82, 2.24) is 15.2 Å². The minimum atomic E-state index is -0.689. The Balaban J connectivity index is 0.865. The van der Waals surface area contributed by atoms with E-state index in [1.165, 1.54) is 44.1 Å². The number of fused-ring (bicyclic) bond motifs is 4. The number of rotatable bonds is 5. The SMILES string of the molecule is C=C1C[C@@]2(CC[C@@H](CC[C@@]3(O)CCC[C@H](O)C3)C2)[C@@H]2O[C@]2(C)CC[C@@H]2[C@@H]1C[C@]2(C)[C@@H]1CC[C@H]([C@@H]2NC(N)=NCc3cccc4cn(cc34)CN=C(N)N2)C1. The molecule has 1 spiro atoms. The van der Waals surface area contributed by atoms with Gasteiger partial charge in [0.2, 0.25) is 0 Å². The molecule has 0 unspecified atom stereocenters. The van der Waals surface area contributed by atoms with Gasteiger partial charge in [-0.2, -0.15) is 0 Å². The van der Waals surface area contributed by atoms with Crippen LogP contribution in [0.5, 0.6) is 0 Å². The lowest BCUT2D eigenvalue weighted by atomic mass is 9.46. The van der Waals surface area contributed by atoms with Crippen LogP contribution in [0.2, 0.25) is 0 Å². The molecule has 5 saturated carbocycles. The second-order valence-corrected chi connectivity index (χ2v) is 19.7. The molecule has 5 aliphatic carbocycles. The van der Waals surface area contributed by atoms with Crippen molar-refractivity contribution >= 4 is 22.7 Å². The molecular formula is C44H65N7O3. The van der Waals surface area contributed by atoms with Gasteiger partial charge in [0.05, 0.1) is 30.0 Å². The Morgan fingerprint density at radius 1 is 0.981 bits per heavy atom. The van der Waals surface area contributed by atoms with Gasteiger partial charge in [0.25, 0.3) is 0 Å². The van der Waals surface area contributed by atoms with Crippen LogP contribution in [0.25, 0.3) is 10.8 Å². The number of nitrogens with zero attached hydrogens (tertiary/aromatic N) is 3. The van der Waals surface area contributed by atoms with Crippen molar-refractivity contribution in [2.75, 3.05) is 0 Å². The fraction of sp³-hybridized carbons (Fsp3) is 0.727. The normalized spacial score (nSPS) is 43.8. The zero-order valence-corrected chi connectivity index (χ0v) is 32.7. The number of ether oxygens (including phenoxy) is 1. The number of aliphatic hydroxyl groups is 2. The van der Waals surface area contributed by atoms with Crippen molar-refractivity contribution in [3.63, 3.8) is 0 Å². The minimum absolute atomic E-state index is 0.0355. The van der Waals surface area contributed by atoms with Crippen molar-refractivity contribution in [3.05, 3.63) is 48.3 Å².